The zero-order valence-corrected chi connectivity index (χ0v) is 17.1. The lowest BCUT2D eigenvalue weighted by Gasteiger charge is -2.16. The Hall–Kier alpha value is -2.58. The highest BCUT2D eigenvalue weighted by Crippen LogP contribution is 2.29. The summed E-state index contributed by atoms with van der Waals surface area (Å²) >= 11 is 0. The molecule has 2 aromatic carbocycles. The Labute approximate surface area is 160 Å². The Kier molecular flexibility index (Phi) is 6.12. The number of hydrogen-bond acceptors (Lipinski definition) is 5. The van der Waals surface area contributed by atoms with E-state index in [0.29, 0.717) is 22.7 Å². The summed E-state index contributed by atoms with van der Waals surface area (Å²) in [6.07, 6.45) is 0. The quantitative estimate of drug-likeness (QED) is 0.817. The Bertz CT molecular complexity index is 968. The van der Waals surface area contributed by atoms with Crippen molar-refractivity contribution >= 4 is 21.6 Å². The van der Waals surface area contributed by atoms with E-state index in [0.717, 1.165) is 15.4 Å². The molecular weight excluding hydrogens is 368 g/mol. The molecule has 0 aliphatic rings. The molecule has 2 aromatic rings. The summed E-state index contributed by atoms with van der Waals surface area (Å²) in [5.41, 5.74) is 2.36. The molecule has 0 spiro atoms. The maximum absolute atomic E-state index is 12.7. The molecular formula is C19H24N2O5S. The van der Waals surface area contributed by atoms with Crippen molar-refractivity contribution < 1.29 is 22.7 Å². The maximum Gasteiger partial charge on any atom is 0.255 e. The highest BCUT2D eigenvalue weighted by atomic mass is 32.2. The van der Waals surface area contributed by atoms with Gasteiger partial charge in [-0.1, -0.05) is 0 Å². The molecule has 0 bridgehead atoms. The molecule has 146 valence electrons. The van der Waals surface area contributed by atoms with E-state index in [-0.39, 0.29) is 10.8 Å². The topological polar surface area (TPSA) is 84.9 Å². The van der Waals surface area contributed by atoms with Gasteiger partial charge in [0.2, 0.25) is 10.0 Å². The summed E-state index contributed by atoms with van der Waals surface area (Å²) in [4.78, 5) is 12.8. The van der Waals surface area contributed by atoms with Crippen LogP contribution in [0.25, 0.3) is 0 Å². The van der Waals surface area contributed by atoms with E-state index < -0.39 is 10.0 Å². The molecule has 1 N–H and O–H groups in total. The van der Waals surface area contributed by atoms with Crippen LogP contribution in [0.3, 0.4) is 0 Å². The fourth-order valence-electron chi connectivity index (χ4n) is 2.49. The minimum atomic E-state index is -3.61. The van der Waals surface area contributed by atoms with Crippen LogP contribution in [-0.4, -0.2) is 46.9 Å². The van der Waals surface area contributed by atoms with Gasteiger partial charge in [-0.15, -0.1) is 0 Å². The second kappa shape index (κ2) is 7.98. The lowest BCUT2D eigenvalue weighted by molar-refractivity contribution is 0.102. The second-order valence-electron chi connectivity index (χ2n) is 6.22. The van der Waals surface area contributed by atoms with E-state index in [1.54, 1.807) is 31.2 Å². The van der Waals surface area contributed by atoms with E-state index >= 15 is 0 Å². The predicted octanol–water partition coefficient (Wildman–Crippen LogP) is 2.82. The largest absolute Gasteiger partial charge is 0.493 e. The number of hydrogen-bond donors (Lipinski definition) is 1. The van der Waals surface area contributed by atoms with Crippen LogP contribution in [0.4, 0.5) is 5.69 Å². The second-order valence-corrected chi connectivity index (χ2v) is 8.38. The summed E-state index contributed by atoms with van der Waals surface area (Å²) in [5, 5.41) is 2.79. The predicted molar refractivity (Wildman–Crippen MR) is 104 cm³/mol. The smallest absolute Gasteiger partial charge is 0.255 e. The third kappa shape index (κ3) is 4.23. The summed E-state index contributed by atoms with van der Waals surface area (Å²) in [5.74, 6) is 0.569. The summed E-state index contributed by atoms with van der Waals surface area (Å²) in [6.45, 7) is 3.63. The van der Waals surface area contributed by atoms with Gasteiger partial charge in [0, 0.05) is 25.3 Å². The van der Waals surface area contributed by atoms with Crippen molar-refractivity contribution in [1.29, 1.82) is 0 Å². The molecule has 0 saturated carbocycles. The summed E-state index contributed by atoms with van der Waals surface area (Å²) in [7, 11) is 2.32. The molecule has 0 aromatic heterocycles. The normalized spacial score (nSPS) is 11.4. The van der Waals surface area contributed by atoms with Crippen LogP contribution in [0.2, 0.25) is 0 Å². The third-order valence-corrected chi connectivity index (χ3v) is 6.11. The van der Waals surface area contributed by atoms with Crippen LogP contribution in [0.5, 0.6) is 11.5 Å². The van der Waals surface area contributed by atoms with Crippen molar-refractivity contribution in [1.82, 2.24) is 4.31 Å². The number of amides is 1. The lowest BCUT2D eigenvalue weighted by Crippen LogP contribution is -2.23. The van der Waals surface area contributed by atoms with Crippen molar-refractivity contribution in [3.05, 3.63) is 47.0 Å². The first-order chi connectivity index (χ1) is 12.6. The van der Waals surface area contributed by atoms with Crippen molar-refractivity contribution in [2.75, 3.05) is 33.6 Å². The molecule has 0 fully saturated rings. The van der Waals surface area contributed by atoms with Gasteiger partial charge < -0.3 is 14.8 Å². The Morgan fingerprint density at radius 2 is 1.63 bits per heavy atom. The van der Waals surface area contributed by atoms with E-state index in [2.05, 4.69) is 5.32 Å². The minimum Gasteiger partial charge on any atom is -0.493 e. The first-order valence-corrected chi connectivity index (χ1v) is 9.63. The van der Waals surface area contributed by atoms with Gasteiger partial charge in [-0.2, -0.15) is 0 Å². The zero-order valence-electron chi connectivity index (χ0n) is 16.3. The molecule has 0 heterocycles. The molecule has 0 saturated heterocycles. The molecule has 2 rings (SSSR count). The molecule has 0 radical (unpaired) electrons. The average Bonchev–Trinajstić information content (AvgIpc) is 2.64. The average molecular weight is 392 g/mol. The number of sulfonamides is 1. The number of nitrogens with zero attached hydrogens (tertiary/aromatic N) is 1. The van der Waals surface area contributed by atoms with Crippen molar-refractivity contribution in [3.8, 4) is 11.5 Å². The van der Waals surface area contributed by atoms with E-state index in [9.17, 15) is 13.2 Å². The number of ether oxygens (including phenoxy) is 2. The Morgan fingerprint density at radius 3 is 2.19 bits per heavy atom. The first-order valence-electron chi connectivity index (χ1n) is 8.19. The van der Waals surface area contributed by atoms with Crippen LogP contribution in [0, 0.1) is 13.8 Å². The SMILES string of the molecule is COc1ccc(C(=O)Nc2cc(S(=O)(=O)N(C)C)cc(C)c2C)cc1OC. The number of carbonyl (C=O) groups excluding carboxylic acids is 1. The number of carbonyl (C=O) groups is 1. The van der Waals surface area contributed by atoms with Gasteiger partial charge in [0.1, 0.15) is 0 Å². The fraction of sp³-hybridized carbons (Fsp3) is 0.316. The van der Waals surface area contributed by atoms with Crippen molar-refractivity contribution in [3.63, 3.8) is 0 Å². The standard InChI is InChI=1S/C19H24N2O5S/c1-12-9-15(27(23,24)21(3)4)11-16(13(12)2)20-19(22)14-7-8-17(25-5)18(10-14)26-6/h7-11H,1-6H3,(H,20,22). The number of aryl methyl sites for hydroxylation is 1. The zero-order chi connectivity index (χ0) is 20.4. The molecule has 0 aliphatic heterocycles. The van der Waals surface area contributed by atoms with Gasteiger partial charge in [0.15, 0.2) is 11.5 Å². The Balaban J connectivity index is 2.42. The molecule has 7 nitrogen and oxygen atoms in total. The van der Waals surface area contributed by atoms with E-state index in [4.69, 9.17) is 9.47 Å². The molecule has 1 amide bonds. The van der Waals surface area contributed by atoms with Gasteiger partial charge in [-0.3, -0.25) is 4.79 Å². The summed E-state index contributed by atoms with van der Waals surface area (Å²) in [6, 6.07) is 7.88. The fourth-order valence-corrected chi connectivity index (χ4v) is 3.50. The van der Waals surface area contributed by atoms with Crippen molar-refractivity contribution in [2.24, 2.45) is 0 Å². The molecule has 0 aliphatic carbocycles. The molecule has 0 atom stereocenters. The van der Waals surface area contributed by atoms with E-state index in [1.807, 2.05) is 6.92 Å². The molecule has 27 heavy (non-hydrogen) atoms. The monoisotopic (exact) mass is 392 g/mol. The van der Waals surface area contributed by atoms with Crippen molar-refractivity contribution in [2.45, 2.75) is 18.7 Å². The van der Waals surface area contributed by atoms with Gasteiger partial charge in [-0.05, 0) is 55.3 Å². The van der Waals surface area contributed by atoms with Crippen LogP contribution in [0.15, 0.2) is 35.2 Å². The number of nitrogens with one attached hydrogen (secondary N) is 1. The van der Waals surface area contributed by atoms with Gasteiger partial charge in [-0.25, -0.2) is 12.7 Å². The molecule has 8 heteroatoms. The van der Waals surface area contributed by atoms with Gasteiger partial charge in [0.05, 0.1) is 19.1 Å². The number of methoxy groups -OCH3 is 2. The van der Waals surface area contributed by atoms with Crippen LogP contribution < -0.4 is 14.8 Å². The first kappa shape index (κ1) is 20.7. The number of benzene rings is 2. The highest BCUT2D eigenvalue weighted by Gasteiger charge is 2.20. The minimum absolute atomic E-state index is 0.123. The van der Waals surface area contributed by atoms with Gasteiger partial charge in [0.25, 0.3) is 5.91 Å². The summed E-state index contributed by atoms with van der Waals surface area (Å²) < 4.78 is 36.4. The van der Waals surface area contributed by atoms with Crippen LogP contribution in [-0.2, 0) is 10.0 Å². The highest BCUT2D eigenvalue weighted by molar-refractivity contribution is 7.89. The maximum atomic E-state index is 12.7. The lowest BCUT2D eigenvalue weighted by atomic mass is 10.1. The van der Waals surface area contributed by atoms with Crippen LogP contribution >= 0.6 is 0 Å². The number of anilines is 1. The van der Waals surface area contributed by atoms with E-state index in [1.165, 1.54) is 34.4 Å². The molecule has 0 unspecified atom stereocenters. The number of rotatable bonds is 6. The van der Waals surface area contributed by atoms with Gasteiger partial charge >= 0.3 is 0 Å². The van der Waals surface area contributed by atoms with Crippen LogP contribution in [0.1, 0.15) is 21.5 Å². The Morgan fingerprint density at radius 1 is 1.00 bits per heavy atom. The third-order valence-electron chi connectivity index (χ3n) is 4.31.